The first-order valence-electron chi connectivity index (χ1n) is 16.5. The van der Waals surface area contributed by atoms with E-state index in [4.69, 9.17) is 9.72 Å². The fourth-order valence-corrected chi connectivity index (χ4v) is 7.42. The van der Waals surface area contributed by atoms with Gasteiger partial charge in [0.1, 0.15) is 12.4 Å². The van der Waals surface area contributed by atoms with Gasteiger partial charge in [0.2, 0.25) is 11.8 Å². The molecule has 3 heterocycles. The van der Waals surface area contributed by atoms with Crippen molar-refractivity contribution < 1.29 is 17.9 Å². The monoisotopic (exact) mass is 668 g/mol. The van der Waals surface area contributed by atoms with Gasteiger partial charge in [-0.2, -0.15) is 4.98 Å². The topological polar surface area (TPSA) is 118 Å². The number of carbonyl (C=O) groups excluding carboxylic acids is 1. The van der Waals surface area contributed by atoms with E-state index < -0.39 is 16.1 Å². The van der Waals surface area contributed by atoms with Gasteiger partial charge in [-0.25, -0.2) is 23.1 Å². The highest BCUT2D eigenvalue weighted by molar-refractivity contribution is 7.92. The van der Waals surface area contributed by atoms with E-state index in [1.165, 1.54) is 18.6 Å². The minimum absolute atomic E-state index is 0.0642. The highest BCUT2D eigenvalue weighted by Gasteiger charge is 2.32. The van der Waals surface area contributed by atoms with Gasteiger partial charge in [-0.05, 0) is 86.4 Å². The molecule has 11 heteroatoms. The summed E-state index contributed by atoms with van der Waals surface area (Å²) in [5.74, 6) is 0.658. The van der Waals surface area contributed by atoms with Crippen LogP contribution >= 0.6 is 0 Å². The number of nitrogens with zero attached hydrogens (tertiary/aromatic N) is 5. The quantitative estimate of drug-likeness (QED) is 0.239. The Hall–Kier alpha value is -4.51. The summed E-state index contributed by atoms with van der Waals surface area (Å²) < 4.78 is 36.3. The molecule has 4 bridgehead atoms. The standard InChI is InChI=1S/C37H44N6O4S/c1-24-11-7-12-25(2)34(24)31-20-33-40-36(39-31)41-48(45,46)30-17-8-13-26(19-30)35(44)43(29(23-47-33)21-37(3,4)5)22-27-14-9-18-32(38-27)42(6)28-15-10-16-28/h7-9,11-14,17-20,28-29H,10,15-16,21-23H2,1-6H3,(H,39,40,41)/t29-/m1/s1. The van der Waals surface area contributed by atoms with Gasteiger partial charge in [0.15, 0.2) is 0 Å². The van der Waals surface area contributed by atoms with Gasteiger partial charge in [0, 0.05) is 30.3 Å². The molecule has 0 spiro atoms. The predicted molar refractivity (Wildman–Crippen MR) is 188 cm³/mol. The van der Waals surface area contributed by atoms with Crippen LogP contribution in [0.5, 0.6) is 5.88 Å². The number of aryl methyl sites for hydroxylation is 2. The predicted octanol–water partition coefficient (Wildman–Crippen LogP) is 6.78. The summed E-state index contributed by atoms with van der Waals surface area (Å²) in [6.07, 6.45) is 4.11. The third-order valence-corrected chi connectivity index (χ3v) is 10.5. The largest absolute Gasteiger partial charge is 0.475 e. The molecule has 0 radical (unpaired) electrons. The fourth-order valence-electron chi connectivity index (χ4n) is 6.43. The summed E-state index contributed by atoms with van der Waals surface area (Å²) >= 11 is 0. The number of anilines is 2. The van der Waals surface area contributed by atoms with Gasteiger partial charge in [-0.3, -0.25) is 4.79 Å². The van der Waals surface area contributed by atoms with Crippen LogP contribution in [0.1, 0.15) is 73.6 Å². The zero-order valence-electron chi connectivity index (χ0n) is 28.5. The van der Waals surface area contributed by atoms with Gasteiger partial charge < -0.3 is 14.5 Å². The lowest BCUT2D eigenvalue weighted by Crippen LogP contribution is -2.45. The van der Waals surface area contributed by atoms with E-state index in [1.54, 1.807) is 23.1 Å². The molecule has 6 rings (SSSR count). The first-order valence-corrected chi connectivity index (χ1v) is 18.0. The smallest absolute Gasteiger partial charge is 0.264 e. The van der Waals surface area contributed by atoms with Gasteiger partial charge in [-0.15, -0.1) is 0 Å². The summed E-state index contributed by atoms with van der Waals surface area (Å²) in [6, 6.07) is 19.7. The molecule has 252 valence electrons. The molecule has 1 saturated carbocycles. The van der Waals surface area contributed by atoms with Gasteiger partial charge >= 0.3 is 0 Å². The molecule has 1 aliphatic carbocycles. The third-order valence-electron chi connectivity index (χ3n) is 9.14. The summed E-state index contributed by atoms with van der Waals surface area (Å²) in [5, 5.41) is 0. The molecular formula is C37H44N6O4S. The number of sulfonamides is 1. The summed E-state index contributed by atoms with van der Waals surface area (Å²) in [5.41, 5.74) is 4.20. The molecule has 0 unspecified atom stereocenters. The van der Waals surface area contributed by atoms with Crippen LogP contribution in [0.25, 0.3) is 11.3 Å². The van der Waals surface area contributed by atoms with E-state index in [2.05, 4.69) is 47.4 Å². The van der Waals surface area contributed by atoms with Crippen molar-refractivity contribution in [3.05, 3.63) is 89.1 Å². The number of hydrogen-bond acceptors (Lipinski definition) is 8. The number of ether oxygens (including phenoxy) is 1. The average Bonchev–Trinajstić information content (AvgIpc) is 3.00. The molecule has 1 amide bonds. The molecule has 1 N–H and O–H groups in total. The number of pyridine rings is 1. The van der Waals surface area contributed by atoms with Crippen molar-refractivity contribution in [1.82, 2.24) is 19.9 Å². The van der Waals surface area contributed by atoms with Crippen LogP contribution in [0.15, 0.2) is 71.6 Å². The molecule has 2 aliphatic rings. The molecule has 2 aromatic carbocycles. The first-order chi connectivity index (χ1) is 22.8. The second-order valence-electron chi connectivity index (χ2n) is 14.2. The second-order valence-corrected chi connectivity index (χ2v) is 15.8. The van der Waals surface area contributed by atoms with Crippen molar-refractivity contribution in [3.8, 4) is 17.1 Å². The molecule has 1 fully saturated rings. The van der Waals surface area contributed by atoms with E-state index >= 15 is 0 Å². The minimum atomic E-state index is -4.16. The van der Waals surface area contributed by atoms with Crippen molar-refractivity contribution in [3.63, 3.8) is 0 Å². The summed E-state index contributed by atoms with van der Waals surface area (Å²) in [7, 11) is -2.09. The van der Waals surface area contributed by atoms with Crippen molar-refractivity contribution in [2.24, 2.45) is 5.41 Å². The number of carbonyl (C=O) groups is 1. The van der Waals surface area contributed by atoms with Crippen LogP contribution < -0.4 is 14.4 Å². The number of aromatic nitrogens is 3. The molecule has 0 saturated heterocycles. The van der Waals surface area contributed by atoms with Gasteiger partial charge in [-0.1, -0.05) is 51.1 Å². The van der Waals surface area contributed by atoms with E-state index in [-0.39, 0.29) is 46.8 Å². The number of benzene rings is 2. The number of amides is 1. The molecular weight excluding hydrogens is 625 g/mol. The zero-order valence-corrected chi connectivity index (χ0v) is 29.3. The Bertz CT molecular complexity index is 1920. The fraction of sp³-hybridized carbons (Fsp3) is 0.405. The number of hydrogen-bond donors (Lipinski definition) is 1. The van der Waals surface area contributed by atoms with Crippen molar-refractivity contribution in [1.29, 1.82) is 0 Å². The Balaban J connectivity index is 1.46. The number of fused-ring (bicyclic) bond motifs is 4. The maximum absolute atomic E-state index is 14.5. The summed E-state index contributed by atoms with van der Waals surface area (Å²) in [4.78, 5) is 32.5. The van der Waals surface area contributed by atoms with Crippen molar-refractivity contribution in [2.75, 3.05) is 23.3 Å². The van der Waals surface area contributed by atoms with E-state index in [1.807, 2.05) is 50.2 Å². The van der Waals surface area contributed by atoms with E-state index in [9.17, 15) is 13.2 Å². The zero-order chi connectivity index (χ0) is 34.2. The Kier molecular flexibility index (Phi) is 9.17. The Morgan fingerprint density at radius 3 is 2.35 bits per heavy atom. The lowest BCUT2D eigenvalue weighted by molar-refractivity contribution is 0.0509. The Labute approximate surface area is 283 Å². The lowest BCUT2D eigenvalue weighted by Gasteiger charge is -2.37. The van der Waals surface area contributed by atoms with Crippen LogP contribution in [0.2, 0.25) is 0 Å². The molecule has 4 aromatic rings. The van der Waals surface area contributed by atoms with Crippen LogP contribution in [0.4, 0.5) is 11.8 Å². The summed E-state index contributed by atoms with van der Waals surface area (Å²) in [6.45, 7) is 10.7. The second kappa shape index (κ2) is 13.2. The molecule has 48 heavy (non-hydrogen) atoms. The first kappa shape index (κ1) is 33.4. The third kappa shape index (κ3) is 7.31. The highest BCUT2D eigenvalue weighted by Crippen LogP contribution is 2.32. The molecule has 2 aromatic heterocycles. The highest BCUT2D eigenvalue weighted by atomic mass is 32.2. The normalized spacial score (nSPS) is 18.0. The number of nitrogens with one attached hydrogen (secondary N) is 1. The molecule has 1 atom stereocenters. The Morgan fingerprint density at radius 1 is 0.958 bits per heavy atom. The van der Waals surface area contributed by atoms with Crippen molar-refractivity contribution in [2.45, 2.75) is 83.8 Å². The van der Waals surface area contributed by atoms with Crippen LogP contribution in [0.3, 0.4) is 0 Å². The van der Waals surface area contributed by atoms with Gasteiger partial charge in [0.05, 0.1) is 28.9 Å². The Morgan fingerprint density at radius 2 is 1.67 bits per heavy atom. The maximum atomic E-state index is 14.5. The lowest BCUT2D eigenvalue weighted by atomic mass is 9.87. The van der Waals surface area contributed by atoms with Crippen LogP contribution in [-0.4, -0.2) is 59.9 Å². The van der Waals surface area contributed by atoms with Crippen LogP contribution in [0, 0.1) is 19.3 Å². The molecule has 1 aliphatic heterocycles. The van der Waals surface area contributed by atoms with Crippen molar-refractivity contribution >= 4 is 27.7 Å². The molecule has 10 nitrogen and oxygen atoms in total. The minimum Gasteiger partial charge on any atom is -0.475 e. The SMILES string of the molecule is Cc1cccc(C)c1-c1cc2nc(n1)NS(=O)(=O)c1cccc(c1)C(=O)N(Cc1cccc(N(C)C3CCC3)n1)[C@H](CC(C)(C)C)CO2. The van der Waals surface area contributed by atoms with E-state index in [0.717, 1.165) is 41.0 Å². The number of rotatable bonds is 6. The average molecular weight is 669 g/mol. The van der Waals surface area contributed by atoms with Gasteiger partial charge in [0.25, 0.3) is 15.9 Å². The van der Waals surface area contributed by atoms with E-state index in [0.29, 0.717) is 18.2 Å². The maximum Gasteiger partial charge on any atom is 0.264 e. The van der Waals surface area contributed by atoms with Crippen LogP contribution in [-0.2, 0) is 16.6 Å².